The zero-order valence-electron chi connectivity index (χ0n) is 16.3. The van der Waals surface area contributed by atoms with Gasteiger partial charge in [0.15, 0.2) is 0 Å². The first-order valence-corrected chi connectivity index (χ1v) is 10.5. The number of ether oxygens (including phenoxy) is 1. The number of para-hydroxylation sites is 1. The molecule has 9 heteroatoms. The molecule has 2 amide bonds. The molecule has 2 aliphatic rings. The van der Waals surface area contributed by atoms with E-state index in [2.05, 4.69) is 15.7 Å². The molecule has 0 fully saturated rings. The Bertz CT molecular complexity index is 1020. The molecule has 0 saturated carbocycles. The van der Waals surface area contributed by atoms with Gasteiger partial charge in [0.05, 0.1) is 23.7 Å². The molecule has 1 unspecified atom stereocenters. The first kappa shape index (κ1) is 20.0. The van der Waals surface area contributed by atoms with Crippen LogP contribution in [0, 0.1) is 0 Å². The second kappa shape index (κ2) is 8.58. The maximum atomic E-state index is 13.1. The monoisotopic (exact) mass is 424 g/mol. The van der Waals surface area contributed by atoms with E-state index in [1.54, 1.807) is 19.1 Å². The number of nitrogens with zero attached hydrogens (tertiary/aromatic N) is 2. The lowest BCUT2D eigenvalue weighted by Gasteiger charge is -2.23. The Balaban J connectivity index is 1.55. The lowest BCUT2D eigenvalue weighted by atomic mass is 10.1. The molecule has 154 valence electrons. The molecule has 30 heavy (non-hydrogen) atoms. The highest BCUT2D eigenvalue weighted by atomic mass is 32.2. The summed E-state index contributed by atoms with van der Waals surface area (Å²) in [6.07, 6.45) is 0.136. The van der Waals surface area contributed by atoms with Gasteiger partial charge in [-0.1, -0.05) is 18.2 Å². The van der Waals surface area contributed by atoms with Crippen molar-refractivity contribution in [3.05, 3.63) is 48.5 Å². The van der Waals surface area contributed by atoms with Gasteiger partial charge in [-0.3, -0.25) is 14.6 Å². The summed E-state index contributed by atoms with van der Waals surface area (Å²) in [5.41, 5.74) is 2.13. The molecular weight excluding hydrogens is 404 g/mol. The van der Waals surface area contributed by atoms with Gasteiger partial charge in [0, 0.05) is 17.0 Å². The summed E-state index contributed by atoms with van der Waals surface area (Å²) in [6.45, 7) is 1.96. The normalized spacial score (nSPS) is 17.6. The number of anilines is 3. The number of hydrogen-bond acceptors (Lipinski definition) is 7. The predicted molar refractivity (Wildman–Crippen MR) is 116 cm³/mol. The van der Waals surface area contributed by atoms with Gasteiger partial charge < -0.3 is 15.4 Å². The SMILES string of the molecule is CCOC(=O)C1=NN(c2ccccc2)C(C(=O)Nc2ccc3c(c2)NC(=O)CS3)C1. The highest BCUT2D eigenvalue weighted by molar-refractivity contribution is 8.00. The Kier molecular flexibility index (Phi) is 5.71. The number of hydrogen-bond donors (Lipinski definition) is 2. The summed E-state index contributed by atoms with van der Waals surface area (Å²) in [6, 6.07) is 13.9. The molecule has 0 bridgehead atoms. The molecule has 2 heterocycles. The number of carbonyl (C=O) groups excluding carboxylic acids is 3. The summed E-state index contributed by atoms with van der Waals surface area (Å²) >= 11 is 1.45. The third kappa shape index (κ3) is 4.16. The number of hydrazone groups is 1. The molecule has 2 aromatic rings. The molecule has 0 spiro atoms. The van der Waals surface area contributed by atoms with Crippen molar-refractivity contribution >= 4 is 52.3 Å². The van der Waals surface area contributed by atoms with Crippen LogP contribution in [-0.4, -0.2) is 41.9 Å². The van der Waals surface area contributed by atoms with Crippen LogP contribution >= 0.6 is 11.8 Å². The number of nitrogens with one attached hydrogen (secondary N) is 2. The van der Waals surface area contributed by atoms with Crippen LogP contribution in [0.15, 0.2) is 58.5 Å². The van der Waals surface area contributed by atoms with Crippen molar-refractivity contribution < 1.29 is 19.1 Å². The Hall–Kier alpha value is -3.33. The van der Waals surface area contributed by atoms with Gasteiger partial charge in [-0.05, 0) is 37.3 Å². The van der Waals surface area contributed by atoms with Crippen LogP contribution < -0.4 is 15.6 Å². The van der Waals surface area contributed by atoms with E-state index in [0.29, 0.717) is 22.8 Å². The fraction of sp³-hybridized carbons (Fsp3) is 0.238. The summed E-state index contributed by atoms with van der Waals surface area (Å²) in [7, 11) is 0. The molecule has 1 atom stereocenters. The van der Waals surface area contributed by atoms with Crippen LogP contribution in [0.2, 0.25) is 0 Å². The highest BCUT2D eigenvalue weighted by Gasteiger charge is 2.37. The number of carbonyl (C=O) groups is 3. The lowest BCUT2D eigenvalue weighted by Crippen LogP contribution is -2.38. The van der Waals surface area contributed by atoms with E-state index >= 15 is 0 Å². The smallest absolute Gasteiger partial charge is 0.354 e. The van der Waals surface area contributed by atoms with Gasteiger partial charge in [0.2, 0.25) is 11.8 Å². The van der Waals surface area contributed by atoms with Crippen molar-refractivity contribution in [2.24, 2.45) is 5.10 Å². The average molecular weight is 424 g/mol. The van der Waals surface area contributed by atoms with Crippen molar-refractivity contribution in [1.29, 1.82) is 0 Å². The lowest BCUT2D eigenvalue weighted by molar-refractivity contribution is -0.135. The molecule has 2 aromatic carbocycles. The standard InChI is InChI=1S/C21H20N4O4S/c1-2-29-21(28)16-11-17(25(24-16)14-6-4-3-5-7-14)20(27)22-13-8-9-18-15(10-13)23-19(26)12-30-18/h3-10,17H,2,11-12H2,1H3,(H,22,27)(H,23,26). The first-order chi connectivity index (χ1) is 14.5. The van der Waals surface area contributed by atoms with Gasteiger partial charge in [0.1, 0.15) is 11.8 Å². The Labute approximate surface area is 177 Å². The number of esters is 1. The van der Waals surface area contributed by atoms with E-state index in [4.69, 9.17) is 4.74 Å². The molecule has 2 aliphatic heterocycles. The first-order valence-electron chi connectivity index (χ1n) is 9.51. The maximum absolute atomic E-state index is 13.1. The molecule has 0 saturated heterocycles. The Morgan fingerprint density at radius 3 is 2.83 bits per heavy atom. The summed E-state index contributed by atoms with van der Waals surface area (Å²) in [5.74, 6) is -0.533. The van der Waals surface area contributed by atoms with Gasteiger partial charge in [-0.2, -0.15) is 5.10 Å². The Morgan fingerprint density at radius 1 is 1.27 bits per heavy atom. The topological polar surface area (TPSA) is 100 Å². The third-order valence-electron chi connectivity index (χ3n) is 4.62. The van der Waals surface area contributed by atoms with E-state index in [-0.39, 0.29) is 30.6 Å². The number of rotatable bonds is 5. The average Bonchev–Trinajstić information content (AvgIpc) is 3.20. The number of thioether (sulfide) groups is 1. The molecular formula is C21H20N4O4S. The summed E-state index contributed by atoms with van der Waals surface area (Å²) in [4.78, 5) is 37.9. The van der Waals surface area contributed by atoms with Crippen LogP contribution in [0.3, 0.4) is 0 Å². The van der Waals surface area contributed by atoms with Crippen LogP contribution in [-0.2, 0) is 19.1 Å². The predicted octanol–water partition coefficient (Wildman–Crippen LogP) is 2.87. The van der Waals surface area contributed by atoms with Gasteiger partial charge in [-0.15, -0.1) is 11.8 Å². The van der Waals surface area contributed by atoms with Crippen molar-refractivity contribution in [1.82, 2.24) is 0 Å². The quantitative estimate of drug-likeness (QED) is 0.716. The van der Waals surface area contributed by atoms with Crippen LogP contribution in [0.25, 0.3) is 0 Å². The second-order valence-corrected chi connectivity index (χ2v) is 7.72. The molecule has 0 radical (unpaired) electrons. The van der Waals surface area contributed by atoms with Gasteiger partial charge in [0.25, 0.3) is 0 Å². The highest BCUT2D eigenvalue weighted by Crippen LogP contribution is 2.34. The molecule has 2 N–H and O–H groups in total. The molecule has 0 aliphatic carbocycles. The second-order valence-electron chi connectivity index (χ2n) is 6.70. The number of amides is 2. The van der Waals surface area contributed by atoms with Crippen molar-refractivity contribution in [2.75, 3.05) is 28.0 Å². The largest absolute Gasteiger partial charge is 0.461 e. The van der Waals surface area contributed by atoms with Crippen molar-refractivity contribution in [3.63, 3.8) is 0 Å². The minimum absolute atomic E-state index is 0.0745. The molecule has 4 rings (SSSR count). The fourth-order valence-electron chi connectivity index (χ4n) is 3.26. The molecule has 8 nitrogen and oxygen atoms in total. The minimum Gasteiger partial charge on any atom is -0.461 e. The fourth-order valence-corrected chi connectivity index (χ4v) is 4.05. The Morgan fingerprint density at radius 2 is 2.07 bits per heavy atom. The van der Waals surface area contributed by atoms with E-state index in [0.717, 1.165) is 4.90 Å². The zero-order valence-corrected chi connectivity index (χ0v) is 17.1. The van der Waals surface area contributed by atoms with E-state index in [9.17, 15) is 14.4 Å². The third-order valence-corrected chi connectivity index (χ3v) is 5.70. The van der Waals surface area contributed by atoms with Gasteiger partial charge in [-0.25, -0.2) is 4.79 Å². The summed E-state index contributed by atoms with van der Waals surface area (Å²) in [5, 5.41) is 11.6. The van der Waals surface area contributed by atoms with E-state index in [1.807, 2.05) is 36.4 Å². The van der Waals surface area contributed by atoms with Crippen molar-refractivity contribution in [2.45, 2.75) is 24.3 Å². The van der Waals surface area contributed by atoms with E-state index in [1.165, 1.54) is 16.8 Å². The number of fused-ring (bicyclic) bond motifs is 1. The maximum Gasteiger partial charge on any atom is 0.354 e. The zero-order chi connectivity index (χ0) is 21.1. The molecule has 0 aromatic heterocycles. The van der Waals surface area contributed by atoms with Gasteiger partial charge >= 0.3 is 5.97 Å². The van der Waals surface area contributed by atoms with Crippen molar-refractivity contribution in [3.8, 4) is 0 Å². The van der Waals surface area contributed by atoms with E-state index < -0.39 is 12.0 Å². The van der Waals surface area contributed by atoms with Crippen LogP contribution in [0.1, 0.15) is 13.3 Å². The minimum atomic E-state index is -0.702. The summed E-state index contributed by atoms with van der Waals surface area (Å²) < 4.78 is 5.06. The van der Waals surface area contributed by atoms with Crippen LogP contribution in [0.5, 0.6) is 0 Å². The number of benzene rings is 2. The van der Waals surface area contributed by atoms with Crippen LogP contribution in [0.4, 0.5) is 17.1 Å².